The zero-order valence-electron chi connectivity index (χ0n) is 17.7. The van der Waals surface area contributed by atoms with Gasteiger partial charge < -0.3 is 24.8 Å². The van der Waals surface area contributed by atoms with Gasteiger partial charge in [-0.1, -0.05) is 23.7 Å². The molecular formula is C24H23ClN2O5. The third-order valence-corrected chi connectivity index (χ3v) is 4.78. The summed E-state index contributed by atoms with van der Waals surface area (Å²) in [6.45, 7) is 0.249. The Morgan fingerprint density at radius 2 is 1.56 bits per heavy atom. The summed E-state index contributed by atoms with van der Waals surface area (Å²) in [5.41, 5.74) is 1.96. The van der Waals surface area contributed by atoms with Crippen molar-refractivity contribution in [2.24, 2.45) is 0 Å². The summed E-state index contributed by atoms with van der Waals surface area (Å²) in [7, 11) is 3.07. The maximum absolute atomic E-state index is 12.5. The average Bonchev–Trinajstić information content (AvgIpc) is 2.82. The number of nitrogens with one attached hydrogen (secondary N) is 2. The first kappa shape index (κ1) is 23.0. The molecule has 2 N–H and O–H groups in total. The van der Waals surface area contributed by atoms with Gasteiger partial charge >= 0.3 is 0 Å². The Bertz CT molecular complexity index is 1070. The van der Waals surface area contributed by atoms with Crippen LogP contribution in [0.25, 0.3) is 0 Å². The van der Waals surface area contributed by atoms with Gasteiger partial charge in [-0.3, -0.25) is 9.59 Å². The molecule has 0 spiro atoms. The molecule has 0 aliphatic heterocycles. The van der Waals surface area contributed by atoms with Gasteiger partial charge in [-0.25, -0.2) is 0 Å². The van der Waals surface area contributed by atoms with E-state index in [0.29, 0.717) is 40.1 Å². The van der Waals surface area contributed by atoms with Gasteiger partial charge in [-0.05, 0) is 54.1 Å². The molecule has 3 rings (SSSR count). The van der Waals surface area contributed by atoms with Crippen molar-refractivity contribution in [2.45, 2.75) is 6.54 Å². The van der Waals surface area contributed by atoms with Crippen LogP contribution in [0.4, 0.5) is 5.69 Å². The Kier molecular flexibility index (Phi) is 7.94. The molecule has 32 heavy (non-hydrogen) atoms. The van der Waals surface area contributed by atoms with E-state index >= 15 is 0 Å². The Morgan fingerprint density at radius 1 is 0.875 bits per heavy atom. The zero-order chi connectivity index (χ0) is 22.9. The molecule has 0 saturated heterocycles. The number of amides is 2. The molecule has 0 fully saturated rings. The molecule has 0 aliphatic carbocycles. The largest absolute Gasteiger partial charge is 0.493 e. The molecule has 0 heterocycles. The lowest BCUT2D eigenvalue weighted by molar-refractivity contribution is -0.123. The lowest BCUT2D eigenvalue weighted by atomic mass is 10.2. The van der Waals surface area contributed by atoms with Gasteiger partial charge in [0.05, 0.1) is 14.2 Å². The molecule has 166 valence electrons. The first-order valence-corrected chi connectivity index (χ1v) is 10.1. The molecule has 0 saturated carbocycles. The van der Waals surface area contributed by atoms with Crippen molar-refractivity contribution in [3.63, 3.8) is 0 Å². The second kappa shape index (κ2) is 11.1. The van der Waals surface area contributed by atoms with Gasteiger partial charge in [0.2, 0.25) is 0 Å². The van der Waals surface area contributed by atoms with E-state index in [1.165, 1.54) is 7.11 Å². The number of ether oxygens (including phenoxy) is 3. The molecule has 0 unspecified atom stereocenters. The van der Waals surface area contributed by atoms with Crippen molar-refractivity contribution < 1.29 is 23.8 Å². The van der Waals surface area contributed by atoms with Gasteiger partial charge in [-0.15, -0.1) is 0 Å². The third-order valence-electron chi connectivity index (χ3n) is 4.53. The smallest absolute Gasteiger partial charge is 0.258 e. The number of methoxy groups -OCH3 is 2. The van der Waals surface area contributed by atoms with E-state index in [0.717, 1.165) is 5.56 Å². The van der Waals surface area contributed by atoms with Crippen molar-refractivity contribution in [1.29, 1.82) is 0 Å². The number of rotatable bonds is 9. The number of hydrogen-bond donors (Lipinski definition) is 2. The fourth-order valence-electron chi connectivity index (χ4n) is 2.82. The van der Waals surface area contributed by atoms with Crippen LogP contribution in [0, 0.1) is 0 Å². The summed E-state index contributed by atoms with van der Waals surface area (Å²) in [5, 5.41) is 6.22. The first-order valence-electron chi connectivity index (χ1n) is 9.76. The number of benzene rings is 3. The number of carbonyl (C=O) groups is 2. The highest BCUT2D eigenvalue weighted by molar-refractivity contribution is 6.30. The Labute approximate surface area is 191 Å². The molecule has 2 amide bonds. The molecule has 0 aromatic heterocycles. The van der Waals surface area contributed by atoms with E-state index in [1.54, 1.807) is 61.7 Å². The lowest BCUT2D eigenvalue weighted by Gasteiger charge is -2.11. The predicted octanol–water partition coefficient (Wildman–Crippen LogP) is 4.30. The fourth-order valence-corrected chi connectivity index (χ4v) is 2.95. The van der Waals surface area contributed by atoms with E-state index in [1.807, 2.05) is 12.1 Å². The predicted molar refractivity (Wildman–Crippen MR) is 123 cm³/mol. The van der Waals surface area contributed by atoms with Crippen LogP contribution in [0.1, 0.15) is 15.9 Å². The number of carbonyl (C=O) groups excluding carboxylic acids is 2. The van der Waals surface area contributed by atoms with E-state index in [9.17, 15) is 9.59 Å². The number of anilines is 1. The van der Waals surface area contributed by atoms with Crippen molar-refractivity contribution in [2.75, 3.05) is 26.1 Å². The first-order chi connectivity index (χ1) is 15.5. The SMILES string of the molecule is COc1ccc(NC(=O)c2ccc(OCC(=O)NCc3ccc(Cl)cc3)cc2)cc1OC. The summed E-state index contributed by atoms with van der Waals surface area (Å²) >= 11 is 5.84. The standard InChI is InChI=1S/C24H23ClN2O5/c1-30-21-12-9-19(13-22(21)31-2)27-24(29)17-5-10-20(11-6-17)32-15-23(28)26-14-16-3-7-18(25)8-4-16/h3-13H,14-15H2,1-2H3,(H,26,28)(H,27,29). The molecule has 8 heteroatoms. The highest BCUT2D eigenvalue weighted by Crippen LogP contribution is 2.30. The normalized spacial score (nSPS) is 10.2. The van der Waals surface area contributed by atoms with Crippen molar-refractivity contribution in [3.05, 3.63) is 82.9 Å². The highest BCUT2D eigenvalue weighted by atomic mass is 35.5. The monoisotopic (exact) mass is 454 g/mol. The van der Waals surface area contributed by atoms with Crippen LogP contribution in [0.15, 0.2) is 66.7 Å². The molecule has 0 radical (unpaired) electrons. The van der Waals surface area contributed by atoms with Crippen molar-refractivity contribution >= 4 is 29.1 Å². The van der Waals surface area contributed by atoms with Gasteiger partial charge in [-0.2, -0.15) is 0 Å². The van der Waals surface area contributed by atoms with E-state index in [-0.39, 0.29) is 18.4 Å². The second-order valence-corrected chi connectivity index (χ2v) is 7.18. The average molecular weight is 455 g/mol. The van der Waals surface area contributed by atoms with E-state index in [4.69, 9.17) is 25.8 Å². The highest BCUT2D eigenvalue weighted by Gasteiger charge is 2.10. The molecule has 7 nitrogen and oxygen atoms in total. The van der Waals surface area contributed by atoms with Crippen molar-refractivity contribution in [3.8, 4) is 17.2 Å². The van der Waals surface area contributed by atoms with Crippen LogP contribution in [-0.4, -0.2) is 32.6 Å². The molecule has 3 aromatic carbocycles. The number of hydrogen-bond acceptors (Lipinski definition) is 5. The Hall–Kier alpha value is -3.71. The maximum Gasteiger partial charge on any atom is 0.258 e. The summed E-state index contributed by atoms with van der Waals surface area (Å²) < 4.78 is 15.9. The van der Waals surface area contributed by atoms with Gasteiger partial charge in [0.25, 0.3) is 11.8 Å². The Balaban J connectivity index is 1.49. The minimum atomic E-state index is -0.288. The van der Waals surface area contributed by atoms with Crippen LogP contribution in [0.5, 0.6) is 17.2 Å². The van der Waals surface area contributed by atoms with Crippen LogP contribution in [-0.2, 0) is 11.3 Å². The number of halogens is 1. The minimum absolute atomic E-state index is 0.134. The topological polar surface area (TPSA) is 85.9 Å². The molecular weight excluding hydrogens is 432 g/mol. The molecule has 0 aliphatic rings. The second-order valence-electron chi connectivity index (χ2n) is 6.74. The van der Waals surface area contributed by atoms with Crippen LogP contribution < -0.4 is 24.8 Å². The molecule has 3 aromatic rings. The van der Waals surface area contributed by atoms with Gasteiger partial charge in [0.1, 0.15) is 5.75 Å². The molecule has 0 bridgehead atoms. The van der Waals surface area contributed by atoms with Gasteiger partial charge in [0, 0.05) is 28.9 Å². The third kappa shape index (κ3) is 6.39. The van der Waals surface area contributed by atoms with E-state index < -0.39 is 0 Å². The van der Waals surface area contributed by atoms with Crippen molar-refractivity contribution in [1.82, 2.24) is 5.32 Å². The lowest BCUT2D eigenvalue weighted by Crippen LogP contribution is -2.28. The fraction of sp³-hybridized carbons (Fsp3) is 0.167. The van der Waals surface area contributed by atoms with E-state index in [2.05, 4.69) is 10.6 Å². The maximum atomic E-state index is 12.5. The van der Waals surface area contributed by atoms with Crippen LogP contribution in [0.2, 0.25) is 5.02 Å². The summed E-state index contributed by atoms with van der Waals surface area (Å²) in [6.07, 6.45) is 0. The Morgan fingerprint density at radius 3 is 2.22 bits per heavy atom. The van der Waals surface area contributed by atoms with Crippen LogP contribution in [0.3, 0.4) is 0 Å². The minimum Gasteiger partial charge on any atom is -0.493 e. The molecule has 0 atom stereocenters. The van der Waals surface area contributed by atoms with Gasteiger partial charge in [0.15, 0.2) is 18.1 Å². The quantitative estimate of drug-likeness (QED) is 0.503. The zero-order valence-corrected chi connectivity index (χ0v) is 18.4. The summed E-state index contributed by atoms with van der Waals surface area (Å²) in [5.74, 6) is 1.03. The van der Waals surface area contributed by atoms with Crippen LogP contribution >= 0.6 is 11.6 Å². The summed E-state index contributed by atoms with van der Waals surface area (Å²) in [6, 6.07) is 18.8. The summed E-state index contributed by atoms with van der Waals surface area (Å²) in [4.78, 5) is 24.5.